The fourth-order valence-electron chi connectivity index (χ4n) is 1.79. The number of carbonyl (C=O) groups excluding carboxylic acids is 2. The Morgan fingerprint density at radius 1 is 1.42 bits per heavy atom. The van der Waals surface area contributed by atoms with E-state index in [1.807, 2.05) is 13.8 Å². The highest BCUT2D eigenvalue weighted by atomic mass is 16.5. The number of nitrogens with one attached hydrogen (secondary N) is 3. The summed E-state index contributed by atoms with van der Waals surface area (Å²) in [6.07, 6.45) is 1.52. The zero-order valence-electron chi connectivity index (χ0n) is 11.8. The van der Waals surface area contributed by atoms with Gasteiger partial charge < -0.3 is 20.7 Å². The molecule has 0 radical (unpaired) electrons. The van der Waals surface area contributed by atoms with E-state index in [0.29, 0.717) is 32.5 Å². The molecule has 0 aromatic rings. The molecule has 2 amide bonds. The van der Waals surface area contributed by atoms with Gasteiger partial charge >= 0.3 is 0 Å². The predicted molar refractivity (Wildman–Crippen MR) is 72.7 cm³/mol. The lowest BCUT2D eigenvalue weighted by molar-refractivity contribution is -0.124. The van der Waals surface area contributed by atoms with E-state index >= 15 is 0 Å². The Labute approximate surface area is 114 Å². The molecule has 6 nitrogen and oxygen atoms in total. The fourth-order valence-corrected chi connectivity index (χ4v) is 1.79. The maximum Gasteiger partial charge on any atom is 0.222 e. The van der Waals surface area contributed by atoms with Crippen LogP contribution in [0.15, 0.2) is 0 Å². The Morgan fingerprint density at radius 3 is 2.84 bits per heavy atom. The Balaban J connectivity index is 2.07. The van der Waals surface area contributed by atoms with Gasteiger partial charge in [-0.25, -0.2) is 0 Å². The first-order chi connectivity index (χ1) is 9.11. The van der Waals surface area contributed by atoms with Crippen LogP contribution in [0.1, 0.15) is 33.1 Å². The molecule has 1 saturated heterocycles. The van der Waals surface area contributed by atoms with Gasteiger partial charge in [-0.15, -0.1) is 0 Å². The van der Waals surface area contributed by atoms with Crippen LogP contribution in [0, 0.1) is 0 Å². The maximum atomic E-state index is 11.6. The molecule has 6 heteroatoms. The molecule has 1 aliphatic heterocycles. The number of hydrogen-bond donors (Lipinski definition) is 3. The molecule has 2 atom stereocenters. The molecule has 0 aromatic carbocycles. The first-order valence-corrected chi connectivity index (χ1v) is 7.00. The first kappa shape index (κ1) is 15.9. The van der Waals surface area contributed by atoms with E-state index < -0.39 is 0 Å². The summed E-state index contributed by atoms with van der Waals surface area (Å²) in [7, 11) is 0. The smallest absolute Gasteiger partial charge is 0.222 e. The number of ether oxygens (including phenoxy) is 1. The summed E-state index contributed by atoms with van der Waals surface area (Å²) in [5, 5.41) is 8.78. The van der Waals surface area contributed by atoms with Crippen LogP contribution in [0.3, 0.4) is 0 Å². The minimum Gasteiger partial charge on any atom is -0.375 e. The number of carbonyl (C=O) groups is 2. The largest absolute Gasteiger partial charge is 0.375 e. The van der Waals surface area contributed by atoms with Crippen molar-refractivity contribution >= 4 is 11.8 Å². The van der Waals surface area contributed by atoms with Gasteiger partial charge in [0.05, 0.1) is 19.1 Å². The summed E-state index contributed by atoms with van der Waals surface area (Å²) in [4.78, 5) is 23.1. The predicted octanol–water partition coefficient (Wildman–Crippen LogP) is -0.214. The van der Waals surface area contributed by atoms with Crippen molar-refractivity contribution in [2.75, 3.05) is 26.2 Å². The van der Waals surface area contributed by atoms with Gasteiger partial charge in [0.2, 0.25) is 11.8 Å². The molecular weight excluding hydrogens is 246 g/mol. The van der Waals surface area contributed by atoms with Gasteiger partial charge in [-0.05, 0) is 13.3 Å². The number of morpholine rings is 1. The van der Waals surface area contributed by atoms with E-state index in [4.69, 9.17) is 4.74 Å². The zero-order chi connectivity index (χ0) is 14.1. The van der Waals surface area contributed by atoms with Gasteiger partial charge in [-0.1, -0.05) is 6.92 Å². The molecule has 110 valence electrons. The SMILES string of the molecule is CCC(C)NC(=O)CCNC(=O)CC1CNCCO1. The molecule has 1 fully saturated rings. The summed E-state index contributed by atoms with van der Waals surface area (Å²) in [6.45, 7) is 6.56. The quantitative estimate of drug-likeness (QED) is 0.598. The van der Waals surface area contributed by atoms with Crippen molar-refractivity contribution in [2.45, 2.75) is 45.3 Å². The number of amides is 2. The molecule has 0 aliphatic carbocycles. The Bertz CT molecular complexity index is 291. The molecule has 1 aliphatic rings. The standard InChI is InChI=1S/C13H25N3O3/c1-3-10(2)16-12(17)4-5-15-13(18)8-11-9-14-6-7-19-11/h10-11,14H,3-9H2,1-2H3,(H,15,18)(H,16,17). The van der Waals surface area contributed by atoms with Crippen LogP contribution in [0.25, 0.3) is 0 Å². The van der Waals surface area contributed by atoms with Crippen molar-refractivity contribution in [3.8, 4) is 0 Å². The van der Waals surface area contributed by atoms with Crippen molar-refractivity contribution in [1.29, 1.82) is 0 Å². The molecule has 0 saturated carbocycles. The topological polar surface area (TPSA) is 79.5 Å². The lowest BCUT2D eigenvalue weighted by Crippen LogP contribution is -2.42. The minimum atomic E-state index is -0.0648. The normalized spacial score (nSPS) is 20.6. The molecule has 0 spiro atoms. The monoisotopic (exact) mass is 271 g/mol. The average Bonchev–Trinajstić information content (AvgIpc) is 2.39. The van der Waals surface area contributed by atoms with E-state index in [1.54, 1.807) is 0 Å². The van der Waals surface area contributed by atoms with Gasteiger partial charge in [-0.3, -0.25) is 9.59 Å². The Kier molecular flexibility index (Phi) is 7.43. The summed E-state index contributed by atoms with van der Waals surface area (Å²) >= 11 is 0. The van der Waals surface area contributed by atoms with E-state index in [2.05, 4.69) is 16.0 Å². The average molecular weight is 271 g/mol. The second-order valence-corrected chi connectivity index (χ2v) is 4.88. The number of hydrogen-bond acceptors (Lipinski definition) is 4. The molecular formula is C13H25N3O3. The van der Waals surface area contributed by atoms with E-state index in [0.717, 1.165) is 13.0 Å². The molecule has 0 bridgehead atoms. The van der Waals surface area contributed by atoms with Crippen LogP contribution < -0.4 is 16.0 Å². The van der Waals surface area contributed by atoms with Crippen molar-refractivity contribution < 1.29 is 14.3 Å². The fraction of sp³-hybridized carbons (Fsp3) is 0.846. The summed E-state index contributed by atoms with van der Waals surface area (Å²) < 4.78 is 5.44. The Hall–Kier alpha value is -1.14. The van der Waals surface area contributed by atoms with Crippen molar-refractivity contribution in [1.82, 2.24) is 16.0 Å². The van der Waals surface area contributed by atoms with Crippen molar-refractivity contribution in [3.05, 3.63) is 0 Å². The maximum absolute atomic E-state index is 11.6. The van der Waals surface area contributed by atoms with Gasteiger partial charge in [0, 0.05) is 32.1 Å². The minimum absolute atomic E-state index is 0.0229. The third-order valence-corrected chi connectivity index (χ3v) is 3.11. The number of rotatable bonds is 7. The Morgan fingerprint density at radius 2 is 2.21 bits per heavy atom. The summed E-state index contributed by atoms with van der Waals surface area (Å²) in [6, 6.07) is 0.185. The van der Waals surface area contributed by atoms with Crippen LogP contribution >= 0.6 is 0 Å². The van der Waals surface area contributed by atoms with Crippen molar-refractivity contribution in [3.63, 3.8) is 0 Å². The lowest BCUT2D eigenvalue weighted by atomic mass is 10.2. The second-order valence-electron chi connectivity index (χ2n) is 4.88. The highest BCUT2D eigenvalue weighted by Gasteiger charge is 2.17. The van der Waals surface area contributed by atoms with Gasteiger partial charge in [0.1, 0.15) is 0 Å². The van der Waals surface area contributed by atoms with Gasteiger partial charge in [0.25, 0.3) is 0 Å². The lowest BCUT2D eigenvalue weighted by Gasteiger charge is -2.23. The van der Waals surface area contributed by atoms with Crippen molar-refractivity contribution in [2.24, 2.45) is 0 Å². The van der Waals surface area contributed by atoms with E-state index in [9.17, 15) is 9.59 Å². The summed E-state index contributed by atoms with van der Waals surface area (Å²) in [5.74, 6) is -0.0877. The second kappa shape index (κ2) is 8.87. The van der Waals surface area contributed by atoms with Gasteiger partial charge in [0.15, 0.2) is 0 Å². The van der Waals surface area contributed by atoms with Gasteiger partial charge in [-0.2, -0.15) is 0 Å². The van der Waals surface area contributed by atoms with E-state index in [1.165, 1.54) is 0 Å². The van der Waals surface area contributed by atoms with Crippen LogP contribution in [0.2, 0.25) is 0 Å². The zero-order valence-corrected chi connectivity index (χ0v) is 11.8. The van der Waals surface area contributed by atoms with Crippen LogP contribution in [-0.4, -0.2) is 50.2 Å². The molecule has 3 N–H and O–H groups in total. The van der Waals surface area contributed by atoms with E-state index in [-0.39, 0.29) is 24.0 Å². The summed E-state index contributed by atoms with van der Waals surface area (Å²) in [5.41, 5.74) is 0. The molecule has 0 aromatic heterocycles. The molecule has 19 heavy (non-hydrogen) atoms. The van der Waals surface area contributed by atoms with Crippen LogP contribution in [0.4, 0.5) is 0 Å². The highest BCUT2D eigenvalue weighted by molar-refractivity contribution is 5.79. The molecule has 2 unspecified atom stereocenters. The molecule has 1 heterocycles. The van der Waals surface area contributed by atoms with Crippen LogP contribution in [-0.2, 0) is 14.3 Å². The highest BCUT2D eigenvalue weighted by Crippen LogP contribution is 2.00. The van der Waals surface area contributed by atoms with Crippen LogP contribution in [0.5, 0.6) is 0 Å². The third-order valence-electron chi connectivity index (χ3n) is 3.11. The third kappa shape index (κ3) is 7.12. The first-order valence-electron chi connectivity index (χ1n) is 7.00. The molecule has 1 rings (SSSR count).